The lowest BCUT2D eigenvalue weighted by Crippen LogP contribution is -2.66. The topological polar surface area (TPSA) is 86.8 Å². The molecule has 0 aliphatic carbocycles. The van der Waals surface area contributed by atoms with E-state index in [1.807, 2.05) is 13.8 Å². The molecule has 3 fully saturated rings. The lowest BCUT2D eigenvalue weighted by atomic mass is 9.97. The maximum Gasteiger partial charge on any atom is 0.420 e. The molecule has 0 N–H and O–H groups in total. The Kier molecular flexibility index (Phi) is 5.36. The van der Waals surface area contributed by atoms with Gasteiger partial charge < -0.3 is 28.3 Å². The average molecular weight is 431 g/mol. The summed E-state index contributed by atoms with van der Waals surface area (Å²) in [5.41, 5.74) is 0. The molecule has 0 saturated carbocycles. The third-order valence-electron chi connectivity index (χ3n) is 6.15. The molecule has 3 amide bonds. The minimum absolute atomic E-state index is 0.0604. The molecule has 3 saturated heterocycles. The van der Waals surface area contributed by atoms with Crippen LogP contribution in [0, 0.1) is 0 Å². The van der Waals surface area contributed by atoms with Crippen molar-refractivity contribution in [3.05, 3.63) is 0 Å². The van der Waals surface area contributed by atoms with E-state index in [4.69, 9.17) is 23.4 Å². The Morgan fingerprint density at radius 3 is 2.41 bits per heavy atom. The first-order valence-electron chi connectivity index (χ1n) is 9.98. The van der Waals surface area contributed by atoms with E-state index in [1.54, 1.807) is 14.1 Å². The summed E-state index contributed by atoms with van der Waals surface area (Å²) in [5.74, 6) is -2.23. The van der Waals surface area contributed by atoms with Gasteiger partial charge >= 0.3 is 12.1 Å². The lowest BCUT2D eigenvalue weighted by molar-refractivity contribution is -0.282. The molecule has 0 aromatic carbocycles. The van der Waals surface area contributed by atoms with Gasteiger partial charge in [-0.15, -0.1) is 0 Å². The molecule has 166 valence electrons. The van der Waals surface area contributed by atoms with Crippen molar-refractivity contribution in [1.29, 1.82) is 0 Å². The Morgan fingerprint density at radius 1 is 1.24 bits per heavy atom. The second-order valence-electron chi connectivity index (χ2n) is 10.2. The molecule has 3 rings (SSSR count). The van der Waals surface area contributed by atoms with Gasteiger partial charge in [-0.3, -0.25) is 0 Å². The molecule has 1 spiro atoms. The van der Waals surface area contributed by atoms with Crippen molar-refractivity contribution in [2.24, 2.45) is 0 Å². The van der Waals surface area contributed by atoms with Crippen LogP contribution in [-0.2, 0) is 23.4 Å². The van der Waals surface area contributed by atoms with Crippen LogP contribution in [0.2, 0.25) is 18.1 Å². The van der Waals surface area contributed by atoms with E-state index in [9.17, 15) is 9.59 Å². The van der Waals surface area contributed by atoms with Crippen molar-refractivity contribution in [3.63, 3.8) is 0 Å². The lowest BCUT2D eigenvalue weighted by Gasteiger charge is -2.48. The molecule has 3 aliphatic rings. The van der Waals surface area contributed by atoms with Crippen molar-refractivity contribution in [2.45, 2.75) is 82.6 Å². The zero-order valence-corrected chi connectivity index (χ0v) is 19.9. The second-order valence-corrected chi connectivity index (χ2v) is 14.9. The number of carbonyl (C=O) groups is 2. The highest BCUT2D eigenvalue weighted by Gasteiger charge is 2.65. The molecule has 0 unspecified atom stereocenters. The van der Waals surface area contributed by atoms with Gasteiger partial charge in [0.2, 0.25) is 0 Å². The summed E-state index contributed by atoms with van der Waals surface area (Å²) in [4.78, 5) is 27.4. The number of amides is 3. The molecule has 3 heterocycles. The highest BCUT2D eigenvalue weighted by Crippen LogP contribution is 2.46. The fourth-order valence-corrected chi connectivity index (χ4v) is 4.89. The number of hydrogen-bond donors (Lipinski definition) is 0. The van der Waals surface area contributed by atoms with Crippen molar-refractivity contribution in [3.8, 4) is 0 Å². The molecule has 0 aromatic rings. The SMILES string of the molecule is CN(C)C(=O)N1C[C@]2(OC[C@H]3OC(C)(C)O[C@H]3[C@@H]2O[Si](C)(C)C(C)(C)C)OC1=O. The van der Waals surface area contributed by atoms with Crippen LogP contribution >= 0.6 is 0 Å². The largest absolute Gasteiger partial charge is 0.420 e. The van der Waals surface area contributed by atoms with Crippen molar-refractivity contribution in [1.82, 2.24) is 9.80 Å². The molecule has 10 heteroatoms. The summed E-state index contributed by atoms with van der Waals surface area (Å²) >= 11 is 0. The van der Waals surface area contributed by atoms with Crippen LogP contribution in [0.3, 0.4) is 0 Å². The minimum atomic E-state index is -2.31. The quantitative estimate of drug-likeness (QED) is 0.623. The molecular weight excluding hydrogens is 396 g/mol. The average Bonchev–Trinajstić information content (AvgIpc) is 3.05. The molecule has 4 atom stereocenters. The third kappa shape index (κ3) is 3.92. The van der Waals surface area contributed by atoms with Crippen molar-refractivity contribution < 1.29 is 33.0 Å². The van der Waals surface area contributed by atoms with Gasteiger partial charge in [0.25, 0.3) is 5.79 Å². The maximum atomic E-state index is 12.6. The van der Waals surface area contributed by atoms with Gasteiger partial charge in [-0.05, 0) is 32.0 Å². The summed E-state index contributed by atoms with van der Waals surface area (Å²) in [6.07, 6.45) is -2.28. The number of rotatable bonds is 2. The Labute approximate surface area is 173 Å². The van der Waals surface area contributed by atoms with Gasteiger partial charge in [0.1, 0.15) is 24.9 Å². The van der Waals surface area contributed by atoms with E-state index in [0.29, 0.717) is 0 Å². The monoisotopic (exact) mass is 430 g/mol. The molecule has 0 aromatic heterocycles. The van der Waals surface area contributed by atoms with E-state index >= 15 is 0 Å². The zero-order chi connectivity index (χ0) is 22.0. The van der Waals surface area contributed by atoms with Gasteiger partial charge in [0, 0.05) is 14.1 Å². The van der Waals surface area contributed by atoms with E-state index in [1.165, 1.54) is 4.90 Å². The zero-order valence-electron chi connectivity index (χ0n) is 18.9. The predicted molar refractivity (Wildman–Crippen MR) is 107 cm³/mol. The van der Waals surface area contributed by atoms with Crippen LogP contribution < -0.4 is 0 Å². The molecule has 29 heavy (non-hydrogen) atoms. The number of ether oxygens (including phenoxy) is 4. The number of nitrogens with zero attached hydrogens (tertiary/aromatic N) is 2. The normalized spacial score (nSPS) is 34.3. The van der Waals surface area contributed by atoms with Crippen LogP contribution in [0.25, 0.3) is 0 Å². The fraction of sp³-hybridized carbons (Fsp3) is 0.895. The number of hydrogen-bond acceptors (Lipinski definition) is 7. The molecule has 0 radical (unpaired) electrons. The van der Waals surface area contributed by atoms with Crippen LogP contribution in [0.5, 0.6) is 0 Å². The Morgan fingerprint density at radius 2 is 1.86 bits per heavy atom. The van der Waals surface area contributed by atoms with Crippen LogP contribution in [0.1, 0.15) is 34.6 Å². The predicted octanol–water partition coefficient (Wildman–Crippen LogP) is 2.76. The summed E-state index contributed by atoms with van der Waals surface area (Å²) < 4.78 is 30.6. The standard InChI is InChI=1S/C19H34N2O7Si/c1-17(2,3)29(8,9)28-14-13-12(25-18(4,5)26-13)10-24-19(14)11-21(16(23)27-19)15(22)20(6)7/h12-14H,10-11H2,1-9H3/t12-,13-,14+,19+/m1/s1. The number of carbonyl (C=O) groups excluding carboxylic acids is 2. The van der Waals surface area contributed by atoms with Gasteiger partial charge in [-0.1, -0.05) is 20.8 Å². The first-order chi connectivity index (χ1) is 13.1. The second kappa shape index (κ2) is 6.91. The molecule has 3 aliphatic heterocycles. The maximum absolute atomic E-state index is 12.6. The number of urea groups is 1. The molecule has 0 bridgehead atoms. The summed E-state index contributed by atoms with van der Waals surface area (Å²) in [5, 5.41) is -0.0854. The summed E-state index contributed by atoms with van der Waals surface area (Å²) in [6.45, 7) is 14.4. The Bertz CT molecular complexity index is 691. The smallest absolute Gasteiger partial charge is 0.411 e. The van der Waals surface area contributed by atoms with E-state index < -0.39 is 44.2 Å². The van der Waals surface area contributed by atoms with Gasteiger partial charge in [0.15, 0.2) is 14.1 Å². The first kappa shape index (κ1) is 22.5. The first-order valence-corrected chi connectivity index (χ1v) is 12.9. The van der Waals surface area contributed by atoms with Crippen LogP contribution in [0.4, 0.5) is 9.59 Å². The van der Waals surface area contributed by atoms with E-state index in [2.05, 4.69) is 33.9 Å². The van der Waals surface area contributed by atoms with E-state index in [0.717, 1.165) is 4.90 Å². The summed E-state index contributed by atoms with van der Waals surface area (Å²) in [6, 6.07) is -0.465. The fourth-order valence-electron chi connectivity index (χ4n) is 3.59. The highest BCUT2D eigenvalue weighted by atomic mass is 28.4. The number of fused-ring (bicyclic) bond motifs is 1. The van der Waals surface area contributed by atoms with Gasteiger partial charge in [0.05, 0.1) is 6.61 Å². The Hall–Kier alpha value is -1.20. The van der Waals surface area contributed by atoms with E-state index in [-0.39, 0.29) is 24.3 Å². The van der Waals surface area contributed by atoms with Crippen LogP contribution in [0.15, 0.2) is 0 Å². The van der Waals surface area contributed by atoms with Gasteiger partial charge in [-0.25, -0.2) is 14.5 Å². The van der Waals surface area contributed by atoms with Crippen LogP contribution in [-0.4, -0.2) is 87.4 Å². The third-order valence-corrected chi connectivity index (χ3v) is 10.6. The van der Waals surface area contributed by atoms with Crippen molar-refractivity contribution >= 4 is 20.4 Å². The molecule has 9 nitrogen and oxygen atoms in total. The number of imide groups is 1. The minimum Gasteiger partial charge on any atom is -0.411 e. The molecular formula is C19H34N2O7Si. The summed E-state index contributed by atoms with van der Waals surface area (Å²) in [7, 11) is 0.858. The highest BCUT2D eigenvalue weighted by molar-refractivity contribution is 6.74. The Balaban J connectivity index is 1.97. The van der Waals surface area contributed by atoms with Gasteiger partial charge in [-0.2, -0.15) is 0 Å². The van der Waals surface area contributed by atoms with Crippen molar-refractivity contribution in [2.75, 3.05) is 27.2 Å².